The third-order valence-electron chi connectivity index (χ3n) is 1.98. The van der Waals surface area contributed by atoms with Gasteiger partial charge in [-0.3, -0.25) is 10.5 Å². The zero-order valence-electron chi connectivity index (χ0n) is 7.99. The Morgan fingerprint density at radius 3 is 2.38 bits per heavy atom. The van der Waals surface area contributed by atoms with Gasteiger partial charge in [0.1, 0.15) is 0 Å². The third-order valence-corrected chi connectivity index (χ3v) is 1.98. The van der Waals surface area contributed by atoms with Crippen molar-refractivity contribution < 1.29 is 14.7 Å². The van der Waals surface area contributed by atoms with Gasteiger partial charge in [-0.25, -0.2) is 4.79 Å². The van der Waals surface area contributed by atoms with Crippen LogP contribution >= 0.6 is 0 Å². The Balaban J connectivity index is 4.74. The third kappa shape index (κ3) is 2.42. The molecule has 0 aromatic carbocycles. The van der Waals surface area contributed by atoms with Gasteiger partial charge in [0.05, 0.1) is 0 Å². The molecular weight excluding hydrogens is 172 g/mol. The zero-order valence-corrected chi connectivity index (χ0v) is 7.99. The van der Waals surface area contributed by atoms with Crippen LogP contribution in [0.5, 0.6) is 0 Å². The van der Waals surface area contributed by atoms with E-state index in [4.69, 9.17) is 10.8 Å². The van der Waals surface area contributed by atoms with Gasteiger partial charge < -0.3 is 10.0 Å². The van der Waals surface area contributed by atoms with E-state index in [0.29, 0.717) is 19.4 Å². The number of carboxylic acid groups (broad SMARTS) is 1. The van der Waals surface area contributed by atoms with E-state index in [1.54, 1.807) is 6.92 Å². The van der Waals surface area contributed by atoms with Crippen molar-refractivity contribution in [1.82, 2.24) is 4.90 Å². The molecule has 1 atom stereocenters. The lowest BCUT2D eigenvalue weighted by molar-refractivity contribution is -0.155. The van der Waals surface area contributed by atoms with Crippen molar-refractivity contribution in [3.8, 4) is 0 Å². The summed E-state index contributed by atoms with van der Waals surface area (Å²) in [5.41, 5.74) is 4.06. The van der Waals surface area contributed by atoms with Crippen LogP contribution in [-0.2, 0) is 9.59 Å². The molecule has 0 rings (SSSR count). The fourth-order valence-corrected chi connectivity index (χ4v) is 1.21. The first-order valence-corrected chi connectivity index (χ1v) is 4.27. The van der Waals surface area contributed by atoms with Gasteiger partial charge in [-0.1, -0.05) is 13.3 Å². The first-order chi connectivity index (χ1) is 6.02. The molecule has 0 bridgehead atoms. The van der Waals surface area contributed by atoms with E-state index in [0.717, 1.165) is 4.90 Å². The lowest BCUT2D eigenvalue weighted by atomic mass is 10.0. The summed E-state index contributed by atoms with van der Waals surface area (Å²) in [6.45, 7) is 3.81. The Hall–Kier alpha value is -1.10. The van der Waals surface area contributed by atoms with Crippen LogP contribution in [0.15, 0.2) is 0 Å². The number of likely N-dealkylation sites (N-methyl/N-ethyl adjacent to an activating group) is 1. The van der Waals surface area contributed by atoms with Crippen molar-refractivity contribution in [1.29, 1.82) is 0 Å². The van der Waals surface area contributed by atoms with Crippen molar-refractivity contribution in [3.05, 3.63) is 0 Å². The highest BCUT2D eigenvalue weighted by Crippen LogP contribution is 2.14. The molecule has 0 aromatic rings. The predicted molar refractivity (Wildman–Crippen MR) is 47.9 cm³/mol. The van der Waals surface area contributed by atoms with Crippen LogP contribution in [0.2, 0.25) is 0 Å². The molecule has 0 radical (unpaired) electrons. The molecule has 0 aromatic heterocycles. The minimum atomic E-state index is -1.55. The number of nitrogens with two attached hydrogens (primary N) is 1. The quantitative estimate of drug-likeness (QED) is 0.454. The van der Waals surface area contributed by atoms with E-state index in [-0.39, 0.29) is 6.42 Å². The average molecular weight is 188 g/mol. The highest BCUT2D eigenvalue weighted by molar-refractivity contribution is 5.80. The molecule has 0 fully saturated rings. The van der Waals surface area contributed by atoms with E-state index >= 15 is 0 Å². The number of rotatable bonds is 6. The van der Waals surface area contributed by atoms with Gasteiger partial charge >= 0.3 is 5.97 Å². The molecule has 0 spiro atoms. The van der Waals surface area contributed by atoms with Gasteiger partial charge in [0.25, 0.3) is 0 Å². The fourth-order valence-electron chi connectivity index (χ4n) is 1.21. The summed E-state index contributed by atoms with van der Waals surface area (Å²) in [6.07, 6.45) is 1.35. The monoisotopic (exact) mass is 188 g/mol. The van der Waals surface area contributed by atoms with Crippen molar-refractivity contribution in [2.75, 3.05) is 6.54 Å². The second kappa shape index (κ2) is 4.81. The molecule has 0 saturated carbocycles. The highest BCUT2D eigenvalue weighted by atomic mass is 16.4. The van der Waals surface area contributed by atoms with Crippen LogP contribution < -0.4 is 5.73 Å². The molecule has 13 heavy (non-hydrogen) atoms. The Morgan fingerprint density at radius 1 is 1.62 bits per heavy atom. The largest absolute Gasteiger partial charge is 0.478 e. The van der Waals surface area contributed by atoms with Crippen LogP contribution in [-0.4, -0.2) is 34.6 Å². The van der Waals surface area contributed by atoms with Gasteiger partial charge in [0.15, 0.2) is 5.66 Å². The number of hydrogen-bond donors (Lipinski definition) is 2. The summed E-state index contributed by atoms with van der Waals surface area (Å²) in [5.74, 6) is -1.16. The normalized spacial score (nSPS) is 14.7. The van der Waals surface area contributed by atoms with Crippen LogP contribution in [0.25, 0.3) is 0 Å². The average Bonchev–Trinajstić information content (AvgIpc) is 2.06. The molecule has 76 valence electrons. The van der Waals surface area contributed by atoms with Crippen LogP contribution in [0.4, 0.5) is 0 Å². The Bertz CT molecular complexity index is 196. The van der Waals surface area contributed by atoms with Crippen molar-refractivity contribution >= 4 is 12.4 Å². The summed E-state index contributed by atoms with van der Waals surface area (Å²) >= 11 is 0. The van der Waals surface area contributed by atoms with Crippen LogP contribution in [0.3, 0.4) is 0 Å². The number of aliphatic carboxylic acids is 1. The van der Waals surface area contributed by atoms with E-state index in [9.17, 15) is 9.59 Å². The Kier molecular flexibility index (Phi) is 4.40. The number of nitrogens with zero attached hydrogens (tertiary/aromatic N) is 1. The van der Waals surface area contributed by atoms with Gasteiger partial charge in [-0.15, -0.1) is 0 Å². The van der Waals surface area contributed by atoms with Crippen molar-refractivity contribution in [3.63, 3.8) is 0 Å². The predicted octanol–water partition coefficient (Wildman–Crippen LogP) is 0.00440. The van der Waals surface area contributed by atoms with E-state index in [1.807, 2.05) is 6.92 Å². The van der Waals surface area contributed by atoms with Crippen LogP contribution in [0, 0.1) is 0 Å². The molecule has 0 aliphatic rings. The number of carboxylic acids is 1. The first-order valence-electron chi connectivity index (χ1n) is 4.27. The smallest absolute Gasteiger partial charge is 0.344 e. The topological polar surface area (TPSA) is 83.6 Å². The molecular formula is C8H16N2O3. The minimum absolute atomic E-state index is 0.259. The molecule has 0 aliphatic heterocycles. The maximum Gasteiger partial charge on any atom is 0.344 e. The molecule has 0 heterocycles. The van der Waals surface area contributed by atoms with Crippen molar-refractivity contribution in [2.45, 2.75) is 32.4 Å². The number of carbonyl (C=O) groups is 2. The highest BCUT2D eigenvalue weighted by Gasteiger charge is 2.38. The lowest BCUT2D eigenvalue weighted by Gasteiger charge is -2.33. The van der Waals surface area contributed by atoms with E-state index in [1.165, 1.54) is 0 Å². The lowest BCUT2D eigenvalue weighted by Crippen LogP contribution is -2.61. The Labute approximate surface area is 77.5 Å². The summed E-state index contributed by atoms with van der Waals surface area (Å²) in [7, 11) is 0. The summed E-state index contributed by atoms with van der Waals surface area (Å²) in [4.78, 5) is 22.5. The maximum atomic E-state index is 10.8. The Morgan fingerprint density at radius 2 is 2.15 bits per heavy atom. The molecule has 1 amide bonds. The molecule has 0 unspecified atom stereocenters. The van der Waals surface area contributed by atoms with Gasteiger partial charge in [0, 0.05) is 6.54 Å². The number of carbonyl (C=O) groups excluding carboxylic acids is 1. The first kappa shape index (κ1) is 11.9. The van der Waals surface area contributed by atoms with Gasteiger partial charge in [-0.2, -0.15) is 0 Å². The molecule has 3 N–H and O–H groups in total. The fraction of sp³-hybridized carbons (Fsp3) is 0.750. The van der Waals surface area contributed by atoms with Crippen molar-refractivity contribution in [2.24, 2.45) is 5.73 Å². The zero-order chi connectivity index (χ0) is 10.5. The maximum absolute atomic E-state index is 10.8. The number of amides is 1. The minimum Gasteiger partial charge on any atom is -0.478 e. The number of hydrogen-bond acceptors (Lipinski definition) is 3. The molecule has 0 saturated heterocycles. The second-order valence-electron chi connectivity index (χ2n) is 2.87. The SMILES string of the molecule is CCC[C@](N)(C(=O)O)N(C=O)CC. The van der Waals surface area contributed by atoms with Crippen LogP contribution in [0.1, 0.15) is 26.7 Å². The summed E-state index contributed by atoms with van der Waals surface area (Å²) < 4.78 is 0. The molecule has 5 heteroatoms. The standard InChI is InChI=1S/C8H16N2O3/c1-3-5-8(9,7(12)13)10(4-2)6-11/h6H,3-5,9H2,1-2H3,(H,12,13)/t8-/m1/s1. The molecule has 0 aliphatic carbocycles. The van der Waals surface area contributed by atoms with E-state index in [2.05, 4.69) is 0 Å². The van der Waals surface area contributed by atoms with E-state index < -0.39 is 11.6 Å². The van der Waals surface area contributed by atoms with Gasteiger partial charge in [0.2, 0.25) is 6.41 Å². The molecule has 5 nitrogen and oxygen atoms in total. The summed E-state index contributed by atoms with van der Waals surface area (Å²) in [6, 6.07) is 0. The van der Waals surface area contributed by atoms with Gasteiger partial charge in [-0.05, 0) is 13.3 Å². The summed E-state index contributed by atoms with van der Waals surface area (Å²) in [5, 5.41) is 8.87. The second-order valence-corrected chi connectivity index (χ2v) is 2.87.